The van der Waals surface area contributed by atoms with Crippen LogP contribution in [0, 0.1) is 0 Å². The van der Waals surface area contributed by atoms with E-state index in [0.717, 1.165) is 25.7 Å². The molecule has 0 aliphatic carbocycles. The highest BCUT2D eigenvalue weighted by Crippen LogP contribution is 2.25. The molecule has 0 aromatic rings. The fraction of sp³-hybridized carbons (Fsp3) is 0.938. The molecule has 0 atom stereocenters. The zero-order chi connectivity index (χ0) is 31.5. The summed E-state index contributed by atoms with van der Waals surface area (Å²) in [6.07, 6.45) is 34.5. The summed E-state index contributed by atoms with van der Waals surface area (Å²) in [6, 6.07) is 0. The van der Waals surface area contributed by atoms with E-state index in [-0.39, 0.29) is 24.8 Å². The van der Waals surface area contributed by atoms with E-state index in [0.29, 0.717) is 12.8 Å². The molecule has 0 amide bonds. The van der Waals surface area contributed by atoms with Crippen LogP contribution in [0.5, 0.6) is 0 Å². The fourth-order valence-corrected chi connectivity index (χ4v) is 4.59. The Morgan fingerprint density at radius 2 is 0.535 bits per heavy atom. The average molecular weight is 684 g/mol. The number of halogens is 2. The molecule has 264 valence electrons. The first-order valence-corrected chi connectivity index (χ1v) is 18.3. The summed E-state index contributed by atoms with van der Waals surface area (Å²) in [5, 5.41) is 17.0. The molecular weight excluding hydrogens is 614 g/mol. The van der Waals surface area contributed by atoms with Crippen molar-refractivity contribution in [2.75, 3.05) is 0 Å². The van der Waals surface area contributed by atoms with Crippen LogP contribution in [0.3, 0.4) is 0 Å². The number of hydrogen-bond donors (Lipinski definition) is 5. The average Bonchev–Trinajstić information content (AvgIpc) is 2.88. The largest absolute Gasteiger partial charge is 0.481 e. The lowest BCUT2D eigenvalue weighted by Crippen LogP contribution is -1.93. The van der Waals surface area contributed by atoms with Gasteiger partial charge in [-0.15, -0.1) is 24.8 Å². The van der Waals surface area contributed by atoms with Crippen molar-refractivity contribution in [3.05, 3.63) is 0 Å². The third-order valence-corrected chi connectivity index (χ3v) is 6.99. The molecule has 0 saturated carbocycles. The predicted octanol–water partition coefficient (Wildman–Crippen LogP) is 11.0. The summed E-state index contributed by atoms with van der Waals surface area (Å²) in [5.74, 6) is -1.31. The molecule has 0 fully saturated rings. The van der Waals surface area contributed by atoms with E-state index in [4.69, 9.17) is 29.5 Å². The number of hydrogen-bond acceptors (Lipinski definition) is 3. The van der Waals surface area contributed by atoms with Gasteiger partial charge in [-0.25, -0.2) is 4.57 Å². The maximum Gasteiger partial charge on any atom is 0.466 e. The van der Waals surface area contributed by atoms with Crippen molar-refractivity contribution in [1.29, 1.82) is 0 Å². The molecule has 0 aromatic carbocycles. The van der Waals surface area contributed by atoms with Crippen LogP contribution in [-0.2, 0) is 14.2 Å². The third kappa shape index (κ3) is 74.5. The molecule has 0 radical (unpaired) electrons. The molecular formula is C32H69Cl2O8P. The second-order valence-electron chi connectivity index (χ2n) is 11.3. The minimum atomic E-state index is -4.64. The first kappa shape index (κ1) is 52.2. The van der Waals surface area contributed by atoms with E-state index >= 15 is 0 Å². The Morgan fingerprint density at radius 1 is 0.395 bits per heavy atom. The highest BCUT2D eigenvalue weighted by Gasteiger charge is 2.00. The zero-order valence-corrected chi connectivity index (χ0v) is 30.1. The van der Waals surface area contributed by atoms with Crippen molar-refractivity contribution in [3.8, 4) is 0 Å². The number of carboxylic acid groups (broad SMARTS) is 2. The van der Waals surface area contributed by atoms with Crippen LogP contribution in [0.15, 0.2) is 0 Å². The number of unbranched alkanes of at least 4 members (excludes halogenated alkanes) is 24. The van der Waals surface area contributed by atoms with Crippen LogP contribution >= 0.6 is 32.6 Å². The van der Waals surface area contributed by atoms with Crippen molar-refractivity contribution in [2.45, 2.75) is 194 Å². The van der Waals surface area contributed by atoms with E-state index in [2.05, 4.69) is 13.8 Å². The lowest BCUT2D eigenvalue weighted by molar-refractivity contribution is -0.138. The molecule has 0 unspecified atom stereocenters. The summed E-state index contributed by atoms with van der Waals surface area (Å²) in [4.78, 5) is 42.2. The first-order chi connectivity index (χ1) is 19.5. The van der Waals surface area contributed by atoms with Gasteiger partial charge in [0.1, 0.15) is 0 Å². The van der Waals surface area contributed by atoms with Gasteiger partial charge in [0, 0.05) is 12.8 Å². The van der Waals surface area contributed by atoms with Gasteiger partial charge in [-0.1, -0.05) is 168 Å². The van der Waals surface area contributed by atoms with E-state index in [1.807, 2.05) is 0 Å². The van der Waals surface area contributed by atoms with Gasteiger partial charge in [0.05, 0.1) is 0 Å². The Bertz CT molecular complexity index is 543. The minimum Gasteiger partial charge on any atom is -0.481 e. The molecule has 0 saturated heterocycles. The van der Waals surface area contributed by atoms with Crippen molar-refractivity contribution in [1.82, 2.24) is 0 Å². The van der Waals surface area contributed by atoms with Gasteiger partial charge in [0.15, 0.2) is 0 Å². The molecule has 43 heavy (non-hydrogen) atoms. The summed E-state index contributed by atoms with van der Waals surface area (Å²) >= 11 is 0. The van der Waals surface area contributed by atoms with Gasteiger partial charge in [-0.05, 0) is 12.8 Å². The van der Waals surface area contributed by atoms with Gasteiger partial charge in [-0.2, -0.15) is 0 Å². The van der Waals surface area contributed by atoms with Crippen LogP contribution in [0.2, 0.25) is 0 Å². The molecule has 0 aliphatic rings. The van der Waals surface area contributed by atoms with Crippen molar-refractivity contribution in [2.24, 2.45) is 0 Å². The van der Waals surface area contributed by atoms with Gasteiger partial charge in [-0.3, -0.25) is 9.59 Å². The number of rotatable bonds is 28. The normalized spacial score (nSPS) is 10.3. The molecule has 5 N–H and O–H groups in total. The molecule has 0 rings (SSSR count). The topological polar surface area (TPSA) is 152 Å². The first-order valence-electron chi connectivity index (χ1n) is 16.8. The Kier molecular flexibility index (Phi) is 53.1. The lowest BCUT2D eigenvalue weighted by atomic mass is 10.0. The second kappa shape index (κ2) is 43.8. The lowest BCUT2D eigenvalue weighted by Gasteiger charge is -2.02. The highest BCUT2D eigenvalue weighted by atomic mass is 35.5. The molecule has 11 heteroatoms. The Labute approximate surface area is 276 Å². The molecule has 8 nitrogen and oxygen atoms in total. The maximum absolute atomic E-state index is 10.3. The summed E-state index contributed by atoms with van der Waals surface area (Å²) in [5.41, 5.74) is 0. The number of carbonyl (C=O) groups is 2. The standard InChI is InChI=1S/2C16H32O2.2ClH.H3O4P/c2*1-2-3-4-5-6-7-8-9-10-11-12-13-14-15-16(17)18;;;1-5(2,3)4/h2*2-15H2,1H3,(H,17,18);2*1H;(H3,1,2,3,4). The van der Waals surface area contributed by atoms with E-state index in [1.165, 1.54) is 141 Å². The monoisotopic (exact) mass is 682 g/mol. The van der Waals surface area contributed by atoms with Gasteiger partial charge >= 0.3 is 19.8 Å². The Morgan fingerprint density at radius 3 is 0.674 bits per heavy atom. The van der Waals surface area contributed by atoms with Crippen LogP contribution in [0.25, 0.3) is 0 Å². The molecule has 0 aromatic heterocycles. The number of aliphatic carboxylic acids is 2. The van der Waals surface area contributed by atoms with E-state index < -0.39 is 19.8 Å². The van der Waals surface area contributed by atoms with Crippen LogP contribution in [0.1, 0.15) is 194 Å². The zero-order valence-electron chi connectivity index (χ0n) is 27.5. The minimum absolute atomic E-state index is 0. The third-order valence-electron chi connectivity index (χ3n) is 6.99. The van der Waals surface area contributed by atoms with Gasteiger partial charge in [0.2, 0.25) is 0 Å². The molecule has 0 spiro atoms. The highest BCUT2D eigenvalue weighted by molar-refractivity contribution is 7.45. The second-order valence-corrected chi connectivity index (χ2v) is 12.3. The number of carboxylic acids is 2. The Hall–Kier alpha value is -0.370. The SMILES string of the molecule is CCCCCCCCCCCCCCCC(=O)O.CCCCCCCCCCCCCCCC(=O)O.Cl.Cl.O=P(O)(O)O. The van der Waals surface area contributed by atoms with E-state index in [9.17, 15) is 9.59 Å². The number of phosphoric acid groups is 1. The summed E-state index contributed by atoms with van der Waals surface area (Å²) in [7, 11) is -4.64. The van der Waals surface area contributed by atoms with Gasteiger partial charge < -0.3 is 24.9 Å². The van der Waals surface area contributed by atoms with Crippen LogP contribution < -0.4 is 0 Å². The van der Waals surface area contributed by atoms with Crippen molar-refractivity contribution in [3.63, 3.8) is 0 Å². The summed E-state index contributed by atoms with van der Waals surface area (Å²) in [6.45, 7) is 4.52. The van der Waals surface area contributed by atoms with Crippen molar-refractivity contribution >= 4 is 44.6 Å². The molecule has 0 aliphatic heterocycles. The summed E-state index contributed by atoms with van der Waals surface area (Å²) < 4.78 is 8.88. The van der Waals surface area contributed by atoms with Crippen LogP contribution in [-0.4, -0.2) is 36.8 Å². The maximum atomic E-state index is 10.3. The fourth-order valence-electron chi connectivity index (χ4n) is 4.59. The van der Waals surface area contributed by atoms with Crippen molar-refractivity contribution < 1.29 is 39.0 Å². The quantitative estimate of drug-likeness (QED) is 0.0403. The Balaban J connectivity index is -0.000000186. The van der Waals surface area contributed by atoms with Gasteiger partial charge in [0.25, 0.3) is 0 Å². The smallest absolute Gasteiger partial charge is 0.466 e. The predicted molar refractivity (Wildman–Crippen MR) is 185 cm³/mol. The molecule has 0 bridgehead atoms. The molecule has 0 heterocycles. The van der Waals surface area contributed by atoms with Crippen LogP contribution in [0.4, 0.5) is 0 Å². The van der Waals surface area contributed by atoms with E-state index in [1.54, 1.807) is 0 Å².